The van der Waals surface area contributed by atoms with Crippen LogP contribution in [0.4, 0.5) is 0 Å². The summed E-state index contributed by atoms with van der Waals surface area (Å²) in [6, 6.07) is 0.326. The van der Waals surface area contributed by atoms with Crippen LogP contribution in [-0.4, -0.2) is 58.5 Å². The highest BCUT2D eigenvalue weighted by atomic mass is 16.5. The summed E-state index contributed by atoms with van der Waals surface area (Å²) in [6.45, 7) is 12.5. The number of rotatable bonds is 10. The summed E-state index contributed by atoms with van der Waals surface area (Å²) < 4.78 is 5.67. The summed E-state index contributed by atoms with van der Waals surface area (Å²) in [4.78, 5) is 14.3. The second-order valence-electron chi connectivity index (χ2n) is 10.1. The predicted molar refractivity (Wildman–Crippen MR) is 129 cm³/mol. The van der Waals surface area contributed by atoms with Gasteiger partial charge in [-0.2, -0.15) is 0 Å². The van der Waals surface area contributed by atoms with Gasteiger partial charge in [0, 0.05) is 24.4 Å². The molecule has 0 unspecified atom stereocenters. The first-order valence-electron chi connectivity index (χ1n) is 12.2. The van der Waals surface area contributed by atoms with E-state index in [1.165, 1.54) is 5.57 Å². The third-order valence-corrected chi connectivity index (χ3v) is 6.94. The van der Waals surface area contributed by atoms with Gasteiger partial charge in [0.1, 0.15) is 6.61 Å². The number of nitrogens with zero attached hydrogens (tertiary/aromatic N) is 1. The van der Waals surface area contributed by atoms with Crippen LogP contribution in [0.5, 0.6) is 0 Å². The molecule has 2 aliphatic rings. The molecule has 2 rings (SSSR count). The van der Waals surface area contributed by atoms with Crippen molar-refractivity contribution in [2.45, 2.75) is 91.5 Å². The Morgan fingerprint density at radius 1 is 1.22 bits per heavy atom. The Morgan fingerprint density at radius 3 is 2.53 bits per heavy atom. The lowest BCUT2D eigenvalue weighted by molar-refractivity contribution is -0.139. The number of carbonyl (C=O) groups excluding carboxylic acids is 1. The third kappa shape index (κ3) is 7.20. The van der Waals surface area contributed by atoms with Crippen LogP contribution in [0.2, 0.25) is 0 Å². The van der Waals surface area contributed by atoms with E-state index in [9.17, 15) is 15.0 Å². The number of ether oxygens (including phenoxy) is 1. The zero-order valence-corrected chi connectivity index (χ0v) is 20.8. The number of hydrogen-bond acceptors (Lipinski definition) is 4. The molecule has 5 nitrogen and oxygen atoms in total. The summed E-state index contributed by atoms with van der Waals surface area (Å²) in [6.07, 6.45) is 8.53. The zero-order chi connectivity index (χ0) is 23.8. The van der Waals surface area contributed by atoms with Gasteiger partial charge in [-0.3, -0.25) is 4.79 Å². The largest absolute Gasteiger partial charge is 0.392 e. The molecule has 0 spiro atoms. The second kappa shape index (κ2) is 12.6. The van der Waals surface area contributed by atoms with E-state index in [0.717, 1.165) is 19.3 Å². The Kier molecular flexibility index (Phi) is 10.5. The fourth-order valence-electron chi connectivity index (χ4n) is 5.33. The molecule has 1 amide bonds. The number of aliphatic hydroxyl groups excluding tert-OH is 2. The van der Waals surface area contributed by atoms with Crippen LogP contribution in [0.25, 0.3) is 0 Å². The van der Waals surface area contributed by atoms with Gasteiger partial charge in [-0.05, 0) is 71.6 Å². The molecular formula is C27H43NO4. The molecule has 0 bridgehead atoms. The topological polar surface area (TPSA) is 70.0 Å². The maximum absolute atomic E-state index is 12.4. The first kappa shape index (κ1) is 26.6. The van der Waals surface area contributed by atoms with Crippen molar-refractivity contribution in [1.29, 1.82) is 0 Å². The summed E-state index contributed by atoms with van der Waals surface area (Å²) in [5, 5.41) is 20.9. The van der Waals surface area contributed by atoms with Gasteiger partial charge in [0.05, 0.1) is 18.8 Å². The molecule has 0 aromatic carbocycles. The minimum absolute atomic E-state index is 0.0303. The standard InChI is InChI=1S/C27H43NO4/c1-7-8-9-20(6)25(29)11-10-23-24-15-21(14-22(24)16-26(23)30)12-13-32-17-27(31)28(18(2)3)19(4)5/h10-12,18-20,22-26,29-30H,9,13-17H2,1-6H3/t20-,22+,23-,24+,25-,26-/m1/s1. The molecule has 5 heteroatoms. The molecule has 0 heterocycles. The number of allylic oxidation sites excluding steroid dienone is 1. The molecule has 0 aliphatic heterocycles. The fraction of sp³-hybridized carbons (Fsp3) is 0.741. The van der Waals surface area contributed by atoms with Crippen LogP contribution in [-0.2, 0) is 9.53 Å². The minimum atomic E-state index is -0.541. The van der Waals surface area contributed by atoms with Gasteiger partial charge in [0.25, 0.3) is 0 Å². The Labute approximate surface area is 194 Å². The van der Waals surface area contributed by atoms with Gasteiger partial charge in [0.2, 0.25) is 5.91 Å². The van der Waals surface area contributed by atoms with Gasteiger partial charge >= 0.3 is 0 Å². The molecule has 2 N–H and O–H groups in total. The van der Waals surface area contributed by atoms with Crippen molar-refractivity contribution in [3.63, 3.8) is 0 Å². The van der Waals surface area contributed by atoms with Crippen molar-refractivity contribution < 1.29 is 19.7 Å². The molecule has 2 aliphatic carbocycles. The van der Waals surface area contributed by atoms with Gasteiger partial charge in [-0.1, -0.05) is 30.7 Å². The van der Waals surface area contributed by atoms with E-state index >= 15 is 0 Å². The SMILES string of the molecule is CC#CC[C@@H](C)[C@H](O)C=C[C@@H]1[C@H]2CC(=CCOCC(=O)N(C(C)C)C(C)C)C[C@H]2C[C@H]1O. The van der Waals surface area contributed by atoms with Crippen molar-refractivity contribution in [3.05, 3.63) is 23.8 Å². The Morgan fingerprint density at radius 2 is 1.91 bits per heavy atom. The van der Waals surface area contributed by atoms with Crippen LogP contribution >= 0.6 is 0 Å². The first-order valence-corrected chi connectivity index (χ1v) is 12.2. The van der Waals surface area contributed by atoms with Gasteiger partial charge < -0.3 is 19.8 Å². The van der Waals surface area contributed by atoms with Crippen molar-refractivity contribution in [2.24, 2.45) is 23.7 Å². The number of hydrogen-bond donors (Lipinski definition) is 2. The maximum Gasteiger partial charge on any atom is 0.249 e. The maximum atomic E-state index is 12.4. The lowest BCUT2D eigenvalue weighted by atomic mass is 9.89. The first-order chi connectivity index (χ1) is 15.1. The van der Waals surface area contributed by atoms with Gasteiger partial charge in [-0.25, -0.2) is 0 Å². The normalized spacial score (nSPS) is 28.2. The molecule has 6 atom stereocenters. The van der Waals surface area contributed by atoms with Crippen molar-refractivity contribution in [2.75, 3.05) is 13.2 Å². The Hall–Kier alpha value is -1.61. The highest BCUT2D eigenvalue weighted by Gasteiger charge is 2.45. The number of aliphatic hydroxyl groups is 2. The highest BCUT2D eigenvalue weighted by molar-refractivity contribution is 5.78. The molecule has 32 heavy (non-hydrogen) atoms. The van der Waals surface area contributed by atoms with Crippen molar-refractivity contribution >= 4 is 5.91 Å². The zero-order valence-electron chi connectivity index (χ0n) is 20.8. The van der Waals surface area contributed by atoms with E-state index in [-0.39, 0.29) is 42.5 Å². The summed E-state index contributed by atoms with van der Waals surface area (Å²) in [7, 11) is 0. The third-order valence-electron chi connectivity index (χ3n) is 6.94. The van der Waals surface area contributed by atoms with Crippen LogP contribution in [0.3, 0.4) is 0 Å². The quantitative estimate of drug-likeness (QED) is 0.303. The highest BCUT2D eigenvalue weighted by Crippen LogP contribution is 2.50. The number of fused-ring (bicyclic) bond motifs is 1. The Bertz CT molecular complexity index is 722. The van der Waals surface area contributed by atoms with Gasteiger partial charge in [-0.15, -0.1) is 11.8 Å². The molecule has 0 saturated heterocycles. The molecule has 180 valence electrons. The molecule has 2 saturated carbocycles. The van der Waals surface area contributed by atoms with E-state index in [0.29, 0.717) is 24.9 Å². The van der Waals surface area contributed by atoms with Gasteiger partial charge in [0.15, 0.2) is 0 Å². The monoisotopic (exact) mass is 445 g/mol. The molecule has 0 aromatic rings. The fourth-order valence-corrected chi connectivity index (χ4v) is 5.33. The van der Waals surface area contributed by atoms with E-state index in [1.54, 1.807) is 0 Å². The summed E-state index contributed by atoms with van der Waals surface area (Å²) in [5.41, 5.74) is 1.36. The van der Waals surface area contributed by atoms with E-state index in [2.05, 4.69) is 17.9 Å². The number of amides is 1. The van der Waals surface area contributed by atoms with E-state index < -0.39 is 6.10 Å². The summed E-state index contributed by atoms with van der Waals surface area (Å²) >= 11 is 0. The molecule has 0 radical (unpaired) electrons. The average Bonchev–Trinajstić information content (AvgIpc) is 3.23. The van der Waals surface area contributed by atoms with Crippen LogP contribution < -0.4 is 0 Å². The molecule has 2 fully saturated rings. The number of carbonyl (C=O) groups is 1. The van der Waals surface area contributed by atoms with Crippen LogP contribution in [0.15, 0.2) is 23.8 Å². The van der Waals surface area contributed by atoms with Crippen LogP contribution in [0.1, 0.15) is 67.2 Å². The van der Waals surface area contributed by atoms with Crippen molar-refractivity contribution in [3.8, 4) is 11.8 Å². The predicted octanol–water partition coefficient (Wildman–Crippen LogP) is 3.95. The Balaban J connectivity index is 1.85. The lowest BCUT2D eigenvalue weighted by Gasteiger charge is -2.30. The summed E-state index contributed by atoms with van der Waals surface area (Å²) in [5.74, 6) is 6.97. The van der Waals surface area contributed by atoms with E-state index in [1.807, 2.05) is 58.6 Å². The van der Waals surface area contributed by atoms with E-state index in [4.69, 9.17) is 4.74 Å². The van der Waals surface area contributed by atoms with Crippen LogP contribution in [0, 0.1) is 35.5 Å². The lowest BCUT2D eigenvalue weighted by Crippen LogP contribution is -2.43. The van der Waals surface area contributed by atoms with Crippen molar-refractivity contribution in [1.82, 2.24) is 4.90 Å². The molecule has 0 aromatic heterocycles. The smallest absolute Gasteiger partial charge is 0.249 e. The average molecular weight is 446 g/mol. The molecular weight excluding hydrogens is 402 g/mol. The second-order valence-corrected chi connectivity index (χ2v) is 10.1. The minimum Gasteiger partial charge on any atom is -0.392 e.